The number of nitrogen functional groups attached to an aromatic ring is 1. The van der Waals surface area contributed by atoms with Crippen LogP contribution in [-0.2, 0) is 25.8 Å². The van der Waals surface area contributed by atoms with Gasteiger partial charge < -0.3 is 25.8 Å². The zero-order chi connectivity index (χ0) is 27.7. The van der Waals surface area contributed by atoms with E-state index in [1.165, 1.54) is 36.0 Å². The van der Waals surface area contributed by atoms with Gasteiger partial charge in [-0.1, -0.05) is 16.9 Å². The lowest BCUT2D eigenvalue weighted by molar-refractivity contribution is -0.554. The number of carboxylic acids is 1. The largest absolute Gasteiger partial charge is 0.543 e. The van der Waals surface area contributed by atoms with Gasteiger partial charge in [0.05, 0.1) is 11.7 Å². The third kappa shape index (κ3) is 4.91. The SMILES string of the molecule is CO/N=C(\C(=O)N[C@@H]1C(=O)N2C(C(=O)[O-])=C(CSc3cccc4n(CC#N)cc[n+]34)CS[C@H]12)c1csc(N)n1. The number of thiazole rings is 1. The lowest BCUT2D eigenvalue weighted by atomic mass is 10.0. The summed E-state index contributed by atoms with van der Waals surface area (Å²) in [5.74, 6) is -2.10. The number of thioether (sulfide) groups is 2. The average Bonchev–Trinajstić information content (AvgIpc) is 3.54. The second-order valence-corrected chi connectivity index (χ2v) is 11.2. The topological polar surface area (TPSA) is 183 Å². The minimum Gasteiger partial charge on any atom is -0.543 e. The first kappa shape index (κ1) is 26.5. The number of rotatable bonds is 9. The maximum atomic E-state index is 13.1. The number of carbonyl (C=O) groups is 3. The van der Waals surface area contributed by atoms with Gasteiger partial charge in [0.25, 0.3) is 17.5 Å². The number of oxime groups is 1. The molecule has 0 bridgehead atoms. The fourth-order valence-electron chi connectivity index (χ4n) is 4.27. The van der Waals surface area contributed by atoms with Crippen LogP contribution in [0.5, 0.6) is 0 Å². The Balaban J connectivity index is 1.32. The Morgan fingerprint density at radius 1 is 1.46 bits per heavy atom. The van der Waals surface area contributed by atoms with E-state index in [1.807, 2.05) is 28.8 Å². The van der Waals surface area contributed by atoms with Crippen LogP contribution in [0, 0.1) is 11.3 Å². The van der Waals surface area contributed by atoms with E-state index >= 15 is 0 Å². The van der Waals surface area contributed by atoms with Crippen molar-refractivity contribution in [3.8, 4) is 6.07 Å². The summed E-state index contributed by atoms with van der Waals surface area (Å²) >= 11 is 3.87. The van der Waals surface area contributed by atoms with Crippen LogP contribution in [0.4, 0.5) is 5.13 Å². The maximum Gasteiger partial charge on any atom is 0.287 e. The molecule has 2 atom stereocenters. The van der Waals surface area contributed by atoms with Gasteiger partial charge in [0.1, 0.15) is 42.7 Å². The van der Waals surface area contributed by atoms with Gasteiger partial charge in [0, 0.05) is 23.0 Å². The van der Waals surface area contributed by atoms with Crippen LogP contribution in [0.1, 0.15) is 5.69 Å². The van der Waals surface area contributed by atoms with Gasteiger partial charge >= 0.3 is 0 Å². The molecule has 13 nitrogen and oxygen atoms in total. The Bertz CT molecular complexity index is 1590. The van der Waals surface area contributed by atoms with E-state index in [9.17, 15) is 19.5 Å². The summed E-state index contributed by atoms with van der Waals surface area (Å²) in [6, 6.07) is 6.78. The van der Waals surface area contributed by atoms with Crippen molar-refractivity contribution < 1.29 is 28.7 Å². The van der Waals surface area contributed by atoms with Gasteiger partial charge in [-0.2, -0.15) is 9.66 Å². The first-order chi connectivity index (χ1) is 18.8. The highest BCUT2D eigenvalue weighted by molar-refractivity contribution is 8.01. The highest BCUT2D eigenvalue weighted by atomic mass is 32.2. The zero-order valence-corrected chi connectivity index (χ0v) is 22.7. The number of aromatic nitrogens is 3. The fourth-order valence-corrected chi connectivity index (χ4v) is 7.32. The summed E-state index contributed by atoms with van der Waals surface area (Å²) in [5.41, 5.74) is 6.87. The fraction of sp³-hybridized carbons (Fsp3) is 0.261. The Hall–Kier alpha value is -4.07. The molecule has 0 saturated carbocycles. The summed E-state index contributed by atoms with van der Waals surface area (Å²) in [7, 11) is 1.27. The molecule has 2 aliphatic heterocycles. The molecule has 2 amide bonds. The number of fused-ring (bicyclic) bond motifs is 2. The molecule has 0 radical (unpaired) electrons. The van der Waals surface area contributed by atoms with Crippen LogP contribution >= 0.6 is 34.9 Å². The number of hydrogen-bond acceptors (Lipinski definition) is 12. The third-order valence-corrected chi connectivity index (χ3v) is 9.12. The normalized spacial score (nSPS) is 18.9. The van der Waals surface area contributed by atoms with Crippen LogP contribution in [0.3, 0.4) is 0 Å². The van der Waals surface area contributed by atoms with Crippen LogP contribution in [-0.4, -0.2) is 68.0 Å². The summed E-state index contributed by atoms with van der Waals surface area (Å²) in [5, 5.41) is 29.5. The van der Waals surface area contributed by atoms with E-state index < -0.39 is 29.2 Å². The smallest absolute Gasteiger partial charge is 0.287 e. The number of carbonyl (C=O) groups excluding carboxylic acids is 3. The van der Waals surface area contributed by atoms with Crippen molar-refractivity contribution in [2.75, 3.05) is 24.3 Å². The van der Waals surface area contributed by atoms with Crippen LogP contribution in [0.2, 0.25) is 0 Å². The van der Waals surface area contributed by atoms with Crippen molar-refractivity contribution in [1.29, 1.82) is 5.26 Å². The van der Waals surface area contributed by atoms with Crippen molar-refractivity contribution in [3.63, 3.8) is 0 Å². The van der Waals surface area contributed by atoms with E-state index in [2.05, 4.69) is 21.5 Å². The molecule has 2 aliphatic rings. The van der Waals surface area contributed by atoms with Crippen LogP contribution < -0.4 is 20.6 Å². The van der Waals surface area contributed by atoms with Crippen LogP contribution in [0.25, 0.3) is 5.65 Å². The molecule has 5 rings (SSSR count). The number of nitrogens with two attached hydrogens (primary N) is 1. The number of imidazole rings is 1. The number of aliphatic carboxylic acids is 1. The van der Waals surface area contributed by atoms with E-state index in [-0.39, 0.29) is 28.8 Å². The average molecular weight is 585 g/mol. The molecule has 3 N–H and O–H groups in total. The molecule has 0 unspecified atom stereocenters. The highest BCUT2D eigenvalue weighted by Crippen LogP contribution is 2.41. The maximum absolute atomic E-state index is 13.1. The second kappa shape index (κ2) is 11.0. The highest BCUT2D eigenvalue weighted by Gasteiger charge is 2.53. The monoisotopic (exact) mass is 584 g/mol. The van der Waals surface area contributed by atoms with Crippen LogP contribution in [0.15, 0.2) is 57.4 Å². The number of pyridine rings is 1. The van der Waals surface area contributed by atoms with E-state index in [0.29, 0.717) is 17.1 Å². The molecule has 16 heteroatoms. The van der Waals surface area contributed by atoms with Gasteiger partial charge in [0.15, 0.2) is 22.4 Å². The molecule has 1 saturated heterocycles. The third-order valence-electron chi connectivity index (χ3n) is 5.98. The quantitative estimate of drug-likeness (QED) is 0.108. The number of anilines is 1. The molecule has 1 fully saturated rings. The second-order valence-electron chi connectivity index (χ2n) is 8.26. The van der Waals surface area contributed by atoms with Gasteiger partial charge in [-0.05, 0) is 17.7 Å². The number of hydrogen-bond donors (Lipinski definition) is 2. The van der Waals surface area contributed by atoms with E-state index in [1.54, 1.807) is 10.8 Å². The zero-order valence-electron chi connectivity index (χ0n) is 20.3. The lowest BCUT2D eigenvalue weighted by Gasteiger charge is -2.50. The molecule has 39 heavy (non-hydrogen) atoms. The van der Waals surface area contributed by atoms with Crippen molar-refractivity contribution in [1.82, 2.24) is 19.8 Å². The number of carboxylic acid groups (broad SMARTS) is 1. The van der Waals surface area contributed by atoms with Gasteiger partial charge in [-0.25, -0.2) is 9.55 Å². The number of β-lactam (4-membered cyclic amide) rings is 1. The van der Waals surface area contributed by atoms with Gasteiger partial charge in [0.2, 0.25) is 0 Å². The predicted molar refractivity (Wildman–Crippen MR) is 141 cm³/mol. The molecule has 5 heterocycles. The molecular weight excluding hydrogens is 565 g/mol. The molecular formula is C23H20N8O5S3. The Morgan fingerprint density at radius 3 is 2.97 bits per heavy atom. The number of nitrogens with one attached hydrogen (secondary N) is 1. The molecule has 0 aromatic carbocycles. The number of amides is 2. The summed E-state index contributed by atoms with van der Waals surface area (Å²) in [6.45, 7) is 0.202. The number of nitrogens with zero attached hydrogens (tertiary/aromatic N) is 6. The summed E-state index contributed by atoms with van der Waals surface area (Å²) in [6.07, 6.45) is 3.64. The van der Waals surface area contributed by atoms with Crippen molar-refractivity contribution >= 4 is 69.1 Å². The minimum atomic E-state index is -1.46. The Kier molecular flexibility index (Phi) is 7.46. The summed E-state index contributed by atoms with van der Waals surface area (Å²) < 4.78 is 3.71. The standard InChI is InChI=1S/C23H20N8O5S3/c1-36-28-16(13-11-39-23(25)26-13)19(32)27-17-20(33)31-18(22(34)35)12(10-38-21(17)31)9-37-15-4-2-3-14-29(6-5-24)7-8-30(14)15/h2-4,7-8,11,17,21H,6,9-10H2,1H3,(H3-,25,26,27,32,34,35)/b28-16-/t17-,21-/m1/s1. The predicted octanol–water partition coefficient (Wildman–Crippen LogP) is -0.664. The lowest BCUT2D eigenvalue weighted by Crippen LogP contribution is -2.71. The Labute approximate surface area is 233 Å². The van der Waals surface area contributed by atoms with Gasteiger partial charge in [-0.15, -0.1) is 23.1 Å². The van der Waals surface area contributed by atoms with E-state index in [0.717, 1.165) is 26.9 Å². The first-order valence-electron chi connectivity index (χ1n) is 11.3. The van der Waals surface area contributed by atoms with Crippen molar-refractivity contribution in [2.45, 2.75) is 23.0 Å². The summed E-state index contributed by atoms with van der Waals surface area (Å²) in [4.78, 5) is 48.1. The first-order valence-corrected chi connectivity index (χ1v) is 14.3. The van der Waals surface area contributed by atoms with E-state index in [4.69, 9.17) is 15.8 Å². The van der Waals surface area contributed by atoms with Crippen molar-refractivity contribution in [3.05, 3.63) is 52.9 Å². The number of nitriles is 1. The molecule has 3 aromatic rings. The molecule has 0 spiro atoms. The van der Waals surface area contributed by atoms with Gasteiger partial charge in [-0.3, -0.25) is 14.5 Å². The minimum absolute atomic E-state index is 0.152. The molecule has 0 aliphatic carbocycles. The molecule has 200 valence electrons. The molecule has 3 aromatic heterocycles. The Morgan fingerprint density at radius 2 is 2.28 bits per heavy atom. The van der Waals surface area contributed by atoms with Crippen molar-refractivity contribution in [2.24, 2.45) is 5.16 Å².